The van der Waals surface area contributed by atoms with Crippen LogP contribution in [0, 0.1) is 6.92 Å². The lowest BCUT2D eigenvalue weighted by molar-refractivity contribution is -0.137. The molecule has 0 saturated carbocycles. The number of hydrogen-bond donors (Lipinski definition) is 1. The molecule has 28 heavy (non-hydrogen) atoms. The van der Waals surface area contributed by atoms with E-state index in [-0.39, 0.29) is 17.9 Å². The predicted octanol–water partition coefficient (Wildman–Crippen LogP) is 4.43. The van der Waals surface area contributed by atoms with Crippen molar-refractivity contribution in [2.75, 3.05) is 18.4 Å². The highest BCUT2D eigenvalue weighted by Gasteiger charge is 2.30. The maximum Gasteiger partial charge on any atom is 0.416 e. The largest absolute Gasteiger partial charge is 0.416 e. The molecule has 1 saturated heterocycles. The molecule has 1 N–H and O–H groups in total. The third-order valence-electron chi connectivity index (χ3n) is 4.78. The van der Waals surface area contributed by atoms with Crippen LogP contribution >= 0.6 is 0 Å². The fourth-order valence-corrected chi connectivity index (χ4v) is 3.33. The van der Waals surface area contributed by atoms with Crippen molar-refractivity contribution < 1.29 is 22.8 Å². The van der Waals surface area contributed by atoms with Crippen LogP contribution in [-0.4, -0.2) is 29.8 Å². The van der Waals surface area contributed by atoms with Crippen LogP contribution in [0.2, 0.25) is 0 Å². The van der Waals surface area contributed by atoms with Crippen molar-refractivity contribution in [1.29, 1.82) is 0 Å². The highest BCUT2D eigenvalue weighted by molar-refractivity contribution is 6.05. The van der Waals surface area contributed by atoms with E-state index in [0.717, 1.165) is 30.5 Å². The molecule has 1 aliphatic heterocycles. The minimum Gasteiger partial charge on any atom is -0.339 e. The maximum atomic E-state index is 12.9. The highest BCUT2D eigenvalue weighted by atomic mass is 19.4. The van der Waals surface area contributed by atoms with Crippen molar-refractivity contribution in [2.45, 2.75) is 32.4 Å². The minimum absolute atomic E-state index is 0.143. The van der Waals surface area contributed by atoms with Gasteiger partial charge in [0.25, 0.3) is 5.91 Å². The third-order valence-corrected chi connectivity index (χ3v) is 4.78. The Morgan fingerprint density at radius 2 is 1.75 bits per heavy atom. The van der Waals surface area contributed by atoms with Crippen molar-refractivity contribution in [1.82, 2.24) is 4.90 Å². The Hall–Kier alpha value is -2.83. The molecule has 1 fully saturated rings. The zero-order valence-corrected chi connectivity index (χ0v) is 15.5. The van der Waals surface area contributed by atoms with E-state index in [1.165, 1.54) is 12.1 Å². The molecule has 0 bridgehead atoms. The molecule has 3 rings (SSSR count). The molecule has 0 atom stereocenters. The second-order valence-electron chi connectivity index (χ2n) is 6.92. The summed E-state index contributed by atoms with van der Waals surface area (Å²) in [6.45, 7) is 3.15. The first-order valence-corrected chi connectivity index (χ1v) is 9.10. The fraction of sp³-hybridized carbons (Fsp3) is 0.333. The Morgan fingerprint density at radius 1 is 1.07 bits per heavy atom. The van der Waals surface area contributed by atoms with E-state index >= 15 is 0 Å². The van der Waals surface area contributed by atoms with Gasteiger partial charge in [0.2, 0.25) is 5.91 Å². The molecule has 4 nitrogen and oxygen atoms in total. The molecule has 7 heteroatoms. The van der Waals surface area contributed by atoms with E-state index in [2.05, 4.69) is 5.32 Å². The normalized spacial score (nSPS) is 14.2. The molecule has 1 heterocycles. The molecular weight excluding hydrogens is 369 g/mol. The summed E-state index contributed by atoms with van der Waals surface area (Å²) in [6.07, 6.45) is -2.77. The molecule has 0 radical (unpaired) electrons. The van der Waals surface area contributed by atoms with E-state index in [9.17, 15) is 22.8 Å². The number of rotatable bonds is 4. The number of halogens is 3. The average Bonchev–Trinajstić information content (AvgIpc) is 3.17. The smallest absolute Gasteiger partial charge is 0.339 e. The van der Waals surface area contributed by atoms with Crippen LogP contribution in [0.1, 0.15) is 39.9 Å². The molecule has 2 amide bonds. The van der Waals surface area contributed by atoms with E-state index in [1.54, 1.807) is 30.0 Å². The number of aryl methyl sites for hydroxylation is 1. The van der Waals surface area contributed by atoms with E-state index < -0.39 is 17.6 Å². The molecule has 0 unspecified atom stereocenters. The van der Waals surface area contributed by atoms with Gasteiger partial charge in [0.15, 0.2) is 0 Å². The number of anilines is 1. The van der Waals surface area contributed by atoms with E-state index in [0.29, 0.717) is 24.3 Å². The lowest BCUT2D eigenvalue weighted by Crippen LogP contribution is -2.29. The molecule has 148 valence electrons. The van der Waals surface area contributed by atoms with Crippen LogP contribution < -0.4 is 5.32 Å². The first-order chi connectivity index (χ1) is 13.3. The molecule has 2 aromatic carbocycles. The standard InChI is InChI=1S/C21H21F3N2O2/c1-14-6-4-9-17(20(28)26-10-2-3-11-26)19(14)25-18(27)13-15-7-5-8-16(12-15)21(22,23)24/h4-9,12H,2-3,10-11,13H2,1H3,(H,25,27). The van der Waals surface area contributed by atoms with E-state index in [4.69, 9.17) is 0 Å². The van der Waals surface area contributed by atoms with Gasteiger partial charge in [0.05, 0.1) is 23.2 Å². The summed E-state index contributed by atoms with van der Waals surface area (Å²) in [4.78, 5) is 27.0. The lowest BCUT2D eigenvalue weighted by atomic mass is 10.0. The third kappa shape index (κ3) is 4.52. The molecule has 1 aliphatic rings. The number of benzene rings is 2. The van der Waals surface area contributed by atoms with E-state index in [1.807, 2.05) is 0 Å². The lowest BCUT2D eigenvalue weighted by Gasteiger charge is -2.19. The van der Waals surface area contributed by atoms with Crippen LogP contribution in [0.4, 0.5) is 18.9 Å². The van der Waals surface area contributed by atoms with Crippen molar-refractivity contribution >= 4 is 17.5 Å². The Labute approximate surface area is 161 Å². The zero-order valence-electron chi connectivity index (χ0n) is 15.5. The van der Waals surface area contributed by atoms with Crippen molar-refractivity contribution in [3.8, 4) is 0 Å². The second kappa shape index (κ2) is 8.04. The Morgan fingerprint density at radius 3 is 2.43 bits per heavy atom. The number of nitrogens with one attached hydrogen (secondary N) is 1. The van der Waals surface area contributed by atoms with Crippen molar-refractivity contribution in [2.24, 2.45) is 0 Å². The van der Waals surface area contributed by atoms with Crippen LogP contribution in [0.5, 0.6) is 0 Å². The van der Waals surface area contributed by atoms with Gasteiger partial charge in [-0.2, -0.15) is 13.2 Å². The van der Waals surface area contributed by atoms with Crippen molar-refractivity contribution in [3.05, 3.63) is 64.7 Å². The Balaban J connectivity index is 1.78. The van der Waals surface area contributed by atoms with Crippen LogP contribution in [-0.2, 0) is 17.4 Å². The number of amides is 2. The molecule has 0 spiro atoms. The van der Waals surface area contributed by atoms with Gasteiger partial charge < -0.3 is 10.2 Å². The summed E-state index contributed by atoms with van der Waals surface area (Å²) in [6, 6.07) is 9.88. The average molecular weight is 390 g/mol. The van der Waals surface area contributed by atoms with Gasteiger partial charge in [-0.1, -0.05) is 30.3 Å². The quantitative estimate of drug-likeness (QED) is 0.840. The van der Waals surface area contributed by atoms with Crippen LogP contribution in [0.25, 0.3) is 0 Å². The number of alkyl halides is 3. The number of carbonyl (C=O) groups excluding carboxylic acids is 2. The summed E-state index contributed by atoms with van der Waals surface area (Å²) < 4.78 is 38.6. The van der Waals surface area contributed by atoms with Gasteiger partial charge in [0, 0.05) is 13.1 Å². The zero-order chi connectivity index (χ0) is 20.3. The first-order valence-electron chi connectivity index (χ1n) is 9.10. The van der Waals surface area contributed by atoms with Gasteiger partial charge >= 0.3 is 6.18 Å². The Bertz CT molecular complexity index is 887. The number of hydrogen-bond acceptors (Lipinski definition) is 2. The maximum absolute atomic E-state index is 12.9. The minimum atomic E-state index is -4.46. The molecular formula is C21H21F3N2O2. The van der Waals surface area contributed by atoms with Gasteiger partial charge in [-0.25, -0.2) is 0 Å². The highest BCUT2D eigenvalue weighted by Crippen LogP contribution is 2.30. The first kappa shape index (κ1) is 19.9. The summed E-state index contributed by atoms with van der Waals surface area (Å²) in [5.41, 5.74) is 1.00. The van der Waals surface area contributed by atoms with Crippen LogP contribution in [0.3, 0.4) is 0 Å². The predicted molar refractivity (Wildman–Crippen MR) is 100 cm³/mol. The van der Waals surface area contributed by atoms with Gasteiger partial charge in [-0.05, 0) is 43.0 Å². The molecule has 0 aliphatic carbocycles. The summed E-state index contributed by atoms with van der Waals surface area (Å²) in [7, 11) is 0. The summed E-state index contributed by atoms with van der Waals surface area (Å²) in [5, 5.41) is 2.72. The van der Waals surface area contributed by atoms with Gasteiger partial charge in [-0.15, -0.1) is 0 Å². The summed E-state index contributed by atoms with van der Waals surface area (Å²) >= 11 is 0. The monoisotopic (exact) mass is 390 g/mol. The summed E-state index contributed by atoms with van der Waals surface area (Å²) in [5.74, 6) is -0.611. The number of para-hydroxylation sites is 1. The number of carbonyl (C=O) groups is 2. The number of nitrogens with zero attached hydrogens (tertiary/aromatic N) is 1. The van der Waals surface area contributed by atoms with Gasteiger partial charge in [-0.3, -0.25) is 9.59 Å². The fourth-order valence-electron chi connectivity index (χ4n) is 3.33. The van der Waals surface area contributed by atoms with Crippen LogP contribution in [0.15, 0.2) is 42.5 Å². The second-order valence-corrected chi connectivity index (χ2v) is 6.92. The number of likely N-dealkylation sites (tertiary alicyclic amines) is 1. The topological polar surface area (TPSA) is 49.4 Å². The molecule has 0 aromatic heterocycles. The van der Waals surface area contributed by atoms with Gasteiger partial charge in [0.1, 0.15) is 0 Å². The SMILES string of the molecule is Cc1cccc(C(=O)N2CCCC2)c1NC(=O)Cc1cccc(C(F)(F)F)c1. The van der Waals surface area contributed by atoms with Crippen molar-refractivity contribution in [3.63, 3.8) is 0 Å². The molecule has 2 aromatic rings. The Kier molecular flexibility index (Phi) is 5.72.